The third kappa shape index (κ3) is 14.4. The van der Waals surface area contributed by atoms with E-state index in [9.17, 15) is 19.5 Å². The van der Waals surface area contributed by atoms with Gasteiger partial charge in [-0.3, -0.25) is 9.00 Å². The molecule has 3 rings (SSSR count). The number of phenols is 1. The van der Waals surface area contributed by atoms with Gasteiger partial charge < -0.3 is 35.2 Å². The average molecular weight is 594 g/mol. The minimum atomic E-state index is -0.909. The van der Waals surface area contributed by atoms with Gasteiger partial charge >= 0.3 is 0 Å². The number of ether oxygens (including phenoxy) is 2. The summed E-state index contributed by atoms with van der Waals surface area (Å²) in [4.78, 5) is 9.92. The number of aliphatic carboxylic acids is 1. The lowest BCUT2D eigenvalue weighted by Crippen LogP contribution is -2.22. The molecule has 0 aliphatic heterocycles. The van der Waals surface area contributed by atoms with Gasteiger partial charge in [0.1, 0.15) is 5.75 Å². The number of hydrogen-bond acceptors (Lipinski definition) is 8. The Morgan fingerprint density at radius 1 is 1.02 bits per heavy atom. The van der Waals surface area contributed by atoms with Crippen molar-refractivity contribution in [2.24, 2.45) is 0 Å². The molecule has 9 nitrogen and oxygen atoms in total. The van der Waals surface area contributed by atoms with Crippen LogP contribution >= 0.6 is 0 Å². The summed E-state index contributed by atoms with van der Waals surface area (Å²) in [5, 5.41) is 40.1. The van der Waals surface area contributed by atoms with Gasteiger partial charge in [0, 0.05) is 35.8 Å². The predicted octanol–water partition coefficient (Wildman–Crippen LogP) is 4.44. The zero-order chi connectivity index (χ0) is 29.9. The number of carboxylic acids is 1. The topological polar surface area (TPSA) is 146 Å². The van der Waals surface area contributed by atoms with Gasteiger partial charge in [0.15, 0.2) is 0 Å². The van der Waals surface area contributed by atoms with E-state index in [4.69, 9.17) is 19.4 Å². The Kier molecular flexibility index (Phi) is 17.4. The SMILES string of the molecule is CC(=O)O.O=S(c1cccc(COCCOCCCCCCNC[C@H](O)c2ccc(O)c(CO)c2)c1)C1CCCC1. The molecule has 0 saturated heterocycles. The summed E-state index contributed by atoms with van der Waals surface area (Å²) in [6.07, 6.45) is 8.07. The third-order valence-corrected chi connectivity index (χ3v) is 8.56. The zero-order valence-electron chi connectivity index (χ0n) is 24.1. The molecule has 0 heterocycles. The van der Waals surface area contributed by atoms with Crippen molar-refractivity contribution in [1.82, 2.24) is 5.32 Å². The van der Waals surface area contributed by atoms with E-state index in [0.717, 1.165) is 69.1 Å². The van der Waals surface area contributed by atoms with Gasteiger partial charge in [-0.25, -0.2) is 0 Å². The maximum Gasteiger partial charge on any atom is 0.300 e. The number of hydrogen-bond donors (Lipinski definition) is 5. The van der Waals surface area contributed by atoms with Crippen molar-refractivity contribution < 1.29 is 38.9 Å². The van der Waals surface area contributed by atoms with Crippen LogP contribution in [0.5, 0.6) is 5.75 Å². The number of unbranched alkanes of at least 4 members (excludes halogenated alkanes) is 3. The van der Waals surface area contributed by atoms with Crippen LogP contribution in [0.1, 0.15) is 81.1 Å². The third-order valence-electron chi connectivity index (χ3n) is 6.77. The van der Waals surface area contributed by atoms with Crippen LogP contribution < -0.4 is 5.32 Å². The maximum atomic E-state index is 12.7. The fourth-order valence-corrected chi connectivity index (χ4v) is 6.20. The lowest BCUT2D eigenvalue weighted by Gasteiger charge is -2.14. The Hall–Kier alpha value is -2.34. The zero-order valence-corrected chi connectivity index (χ0v) is 24.9. The quantitative estimate of drug-likeness (QED) is 0.158. The van der Waals surface area contributed by atoms with Gasteiger partial charge in [0.2, 0.25) is 0 Å². The van der Waals surface area contributed by atoms with E-state index >= 15 is 0 Å². The Morgan fingerprint density at radius 2 is 1.73 bits per heavy atom. The number of aromatic hydroxyl groups is 1. The summed E-state index contributed by atoms with van der Waals surface area (Å²) in [6, 6.07) is 12.8. The molecule has 1 saturated carbocycles. The number of nitrogens with one attached hydrogen (secondary N) is 1. The number of aliphatic hydroxyl groups excluding tert-OH is 2. The molecule has 0 aromatic heterocycles. The van der Waals surface area contributed by atoms with Gasteiger partial charge in [-0.1, -0.05) is 43.9 Å². The van der Waals surface area contributed by atoms with Crippen molar-refractivity contribution in [3.05, 3.63) is 59.2 Å². The normalized spacial score (nSPS) is 14.8. The van der Waals surface area contributed by atoms with Crippen molar-refractivity contribution in [2.45, 2.75) is 87.8 Å². The Morgan fingerprint density at radius 3 is 2.46 bits per heavy atom. The molecule has 230 valence electrons. The maximum absolute atomic E-state index is 12.7. The van der Waals surface area contributed by atoms with E-state index in [1.165, 1.54) is 18.9 Å². The summed E-state index contributed by atoms with van der Waals surface area (Å²) in [7, 11) is -0.909. The van der Waals surface area contributed by atoms with Gasteiger partial charge in [-0.15, -0.1) is 0 Å². The highest BCUT2D eigenvalue weighted by Crippen LogP contribution is 2.27. The fourth-order valence-electron chi connectivity index (χ4n) is 4.57. The molecule has 1 unspecified atom stereocenters. The Bertz CT molecular complexity index is 1040. The van der Waals surface area contributed by atoms with Gasteiger partial charge in [0.25, 0.3) is 5.97 Å². The molecule has 0 spiro atoms. The standard InChI is InChI=1S/C29H43NO6S.C2H4O2/c31-21-25-19-24(12-13-28(25)32)29(33)20-30-14-5-1-2-6-15-35-16-17-36-22-23-8-7-11-27(18-23)37(34)26-9-3-4-10-26;1-2(3)4/h7-8,11-13,18-19,26,29-33H,1-6,9-10,14-17,20-22H2;1H3,(H,3,4)/t29-,37?;/m0./s1. The molecule has 2 aromatic carbocycles. The first-order valence-electron chi connectivity index (χ1n) is 14.5. The largest absolute Gasteiger partial charge is 0.508 e. The van der Waals surface area contributed by atoms with Crippen molar-refractivity contribution >= 4 is 16.8 Å². The predicted molar refractivity (Wildman–Crippen MR) is 159 cm³/mol. The van der Waals surface area contributed by atoms with E-state index in [1.54, 1.807) is 12.1 Å². The van der Waals surface area contributed by atoms with Crippen molar-refractivity contribution in [3.63, 3.8) is 0 Å². The van der Waals surface area contributed by atoms with Crippen LogP contribution in [0.2, 0.25) is 0 Å². The highest BCUT2D eigenvalue weighted by Gasteiger charge is 2.22. The first kappa shape index (κ1) is 34.9. The van der Waals surface area contributed by atoms with Crippen LogP contribution in [0, 0.1) is 0 Å². The molecule has 1 fully saturated rings. The number of aliphatic hydroxyl groups is 2. The van der Waals surface area contributed by atoms with Crippen LogP contribution in [0.25, 0.3) is 0 Å². The monoisotopic (exact) mass is 593 g/mol. The van der Waals surface area contributed by atoms with Crippen molar-refractivity contribution in [2.75, 3.05) is 32.9 Å². The molecule has 0 bridgehead atoms. The number of benzene rings is 2. The molecule has 10 heteroatoms. The summed E-state index contributed by atoms with van der Waals surface area (Å²) in [5.41, 5.74) is 2.16. The first-order valence-corrected chi connectivity index (χ1v) is 15.7. The van der Waals surface area contributed by atoms with E-state index in [1.807, 2.05) is 24.3 Å². The molecule has 1 aliphatic carbocycles. The number of rotatable bonds is 18. The molecule has 5 N–H and O–H groups in total. The summed E-state index contributed by atoms with van der Waals surface area (Å²) in [6.45, 7) is 4.43. The highest BCUT2D eigenvalue weighted by atomic mass is 32.2. The Labute approximate surface area is 246 Å². The fraction of sp³-hybridized carbons (Fsp3) is 0.581. The molecule has 2 aromatic rings. The van der Waals surface area contributed by atoms with Crippen LogP contribution in [0.4, 0.5) is 0 Å². The van der Waals surface area contributed by atoms with E-state index in [0.29, 0.717) is 42.7 Å². The summed E-state index contributed by atoms with van der Waals surface area (Å²) >= 11 is 0. The lowest BCUT2D eigenvalue weighted by molar-refractivity contribution is -0.134. The molecular formula is C31H47NO8S. The van der Waals surface area contributed by atoms with Crippen LogP contribution in [-0.4, -0.2) is 68.8 Å². The molecule has 0 amide bonds. The van der Waals surface area contributed by atoms with Gasteiger partial charge in [0.05, 0.1) is 43.3 Å². The van der Waals surface area contributed by atoms with Crippen LogP contribution in [0.15, 0.2) is 47.4 Å². The second-order valence-electron chi connectivity index (χ2n) is 10.2. The smallest absolute Gasteiger partial charge is 0.300 e. The second kappa shape index (κ2) is 20.5. The second-order valence-corrected chi connectivity index (χ2v) is 11.9. The van der Waals surface area contributed by atoms with Crippen molar-refractivity contribution in [3.8, 4) is 5.75 Å². The molecule has 41 heavy (non-hydrogen) atoms. The van der Waals surface area contributed by atoms with E-state index < -0.39 is 22.9 Å². The molecule has 2 atom stereocenters. The van der Waals surface area contributed by atoms with Crippen molar-refractivity contribution in [1.29, 1.82) is 0 Å². The molecule has 1 aliphatic rings. The van der Waals surface area contributed by atoms with E-state index in [2.05, 4.69) is 5.32 Å². The lowest BCUT2D eigenvalue weighted by atomic mass is 10.1. The minimum Gasteiger partial charge on any atom is -0.508 e. The summed E-state index contributed by atoms with van der Waals surface area (Å²) in [5.74, 6) is -0.794. The number of carbonyl (C=O) groups is 1. The van der Waals surface area contributed by atoms with Crippen LogP contribution in [-0.2, 0) is 38.3 Å². The van der Waals surface area contributed by atoms with Gasteiger partial charge in [-0.05, 0) is 67.6 Å². The molecular weight excluding hydrogens is 546 g/mol. The average Bonchev–Trinajstić information content (AvgIpc) is 3.50. The minimum absolute atomic E-state index is 0.0397. The highest BCUT2D eigenvalue weighted by molar-refractivity contribution is 7.85. The van der Waals surface area contributed by atoms with E-state index in [-0.39, 0.29) is 12.4 Å². The van der Waals surface area contributed by atoms with Crippen LogP contribution in [0.3, 0.4) is 0 Å². The molecule has 0 radical (unpaired) electrons. The van der Waals surface area contributed by atoms with Gasteiger partial charge in [-0.2, -0.15) is 0 Å². The first-order chi connectivity index (χ1) is 19.8. The summed E-state index contributed by atoms with van der Waals surface area (Å²) < 4.78 is 24.1. The number of carboxylic acid groups (broad SMARTS) is 1. The Balaban J connectivity index is 0.00000138.